The van der Waals surface area contributed by atoms with E-state index in [9.17, 15) is 4.39 Å². The molecule has 0 radical (unpaired) electrons. The Morgan fingerprint density at radius 1 is 1.26 bits per heavy atom. The maximum atomic E-state index is 16.1. The Bertz CT molecular complexity index is 1110. The smallest absolute Gasteiger partial charge is 0.136 e. The molecule has 0 spiro atoms. The van der Waals surface area contributed by atoms with Crippen molar-refractivity contribution in [2.24, 2.45) is 5.92 Å². The summed E-state index contributed by atoms with van der Waals surface area (Å²) in [5.74, 6) is -1.20. The van der Waals surface area contributed by atoms with Crippen LogP contribution in [0.1, 0.15) is 71.2 Å². The number of rotatable bonds is 3. The van der Waals surface area contributed by atoms with Gasteiger partial charge >= 0.3 is 0 Å². The predicted octanol–water partition coefficient (Wildman–Crippen LogP) is 8.32. The topological polar surface area (TPSA) is 12.9 Å². The number of hydrogen-bond donors (Lipinski definition) is 0. The van der Waals surface area contributed by atoms with E-state index in [-0.39, 0.29) is 24.5 Å². The Labute approximate surface area is 183 Å². The quantitative estimate of drug-likeness (QED) is 0.449. The van der Waals surface area contributed by atoms with Gasteiger partial charge in [-0.3, -0.25) is 4.98 Å². The second kappa shape index (κ2) is 8.29. The monoisotopic (exact) mass is 427 g/mol. The highest BCUT2D eigenvalue weighted by molar-refractivity contribution is 6.01. The van der Waals surface area contributed by atoms with Crippen molar-refractivity contribution in [1.29, 1.82) is 0 Å². The van der Waals surface area contributed by atoms with Gasteiger partial charge < -0.3 is 0 Å². The van der Waals surface area contributed by atoms with Crippen molar-refractivity contribution in [2.45, 2.75) is 72.4 Å². The van der Waals surface area contributed by atoms with Gasteiger partial charge in [0.1, 0.15) is 17.3 Å². The molecule has 0 bridgehead atoms. The SMILES string of the molecule is CC.CC=CC(F)(CC)C1CC=C(F)C2=C1c1nccc3c(F)c(C)cc(c13)C2(C)C. The summed E-state index contributed by atoms with van der Waals surface area (Å²) >= 11 is 0. The standard InChI is InChI=1S/C25H26F3N.C2H6/c1-6-11-25(28,7-2)16-8-9-18(26)21-20(16)23-19-15(10-12-29-23)22(27)14(3)13-17(19)24(21,4)5;1-2/h6,9-13,16H,7-8H2,1-5H3;1-2H3. The molecular weight excluding hydrogens is 395 g/mol. The van der Waals surface area contributed by atoms with Gasteiger partial charge in [0.25, 0.3) is 0 Å². The van der Waals surface area contributed by atoms with E-state index in [1.807, 2.05) is 27.7 Å². The van der Waals surface area contributed by atoms with Gasteiger partial charge in [0.05, 0.1) is 5.69 Å². The largest absolute Gasteiger partial charge is 0.256 e. The molecule has 0 saturated carbocycles. The van der Waals surface area contributed by atoms with Crippen molar-refractivity contribution in [2.75, 3.05) is 0 Å². The summed E-state index contributed by atoms with van der Waals surface area (Å²) in [7, 11) is 0. The second-order valence-corrected chi connectivity index (χ2v) is 8.67. The minimum Gasteiger partial charge on any atom is -0.256 e. The highest BCUT2D eigenvalue weighted by Crippen LogP contribution is 2.56. The highest BCUT2D eigenvalue weighted by Gasteiger charge is 2.48. The fourth-order valence-electron chi connectivity index (χ4n) is 5.17. The van der Waals surface area contributed by atoms with Crippen molar-refractivity contribution in [3.05, 3.63) is 70.6 Å². The van der Waals surface area contributed by atoms with Crippen LogP contribution in [-0.2, 0) is 5.41 Å². The molecule has 1 aromatic carbocycles. The molecule has 2 atom stereocenters. The van der Waals surface area contributed by atoms with E-state index in [2.05, 4.69) is 4.98 Å². The maximum Gasteiger partial charge on any atom is 0.136 e. The van der Waals surface area contributed by atoms with Gasteiger partial charge in [-0.05, 0) is 55.5 Å². The molecule has 0 N–H and O–H groups in total. The first-order valence-electron chi connectivity index (χ1n) is 11.2. The van der Waals surface area contributed by atoms with Crippen LogP contribution in [0, 0.1) is 18.7 Å². The molecule has 0 aliphatic heterocycles. The summed E-state index contributed by atoms with van der Waals surface area (Å²) in [4.78, 5) is 4.54. The lowest BCUT2D eigenvalue weighted by Gasteiger charge is -2.43. The molecule has 1 nitrogen and oxygen atoms in total. The number of allylic oxidation sites excluding steroid dienone is 6. The van der Waals surface area contributed by atoms with E-state index >= 15 is 8.78 Å². The zero-order valence-electron chi connectivity index (χ0n) is 19.5. The molecule has 1 aromatic heterocycles. The minimum atomic E-state index is -1.63. The summed E-state index contributed by atoms with van der Waals surface area (Å²) in [6.07, 6.45) is 6.83. The molecule has 2 aromatic rings. The number of aryl methyl sites for hydroxylation is 1. The van der Waals surface area contributed by atoms with Crippen molar-refractivity contribution in [3.63, 3.8) is 0 Å². The van der Waals surface area contributed by atoms with Gasteiger partial charge in [0, 0.05) is 33.9 Å². The highest BCUT2D eigenvalue weighted by atomic mass is 19.1. The zero-order valence-corrected chi connectivity index (χ0v) is 19.5. The molecule has 166 valence electrons. The lowest BCUT2D eigenvalue weighted by molar-refractivity contribution is 0.163. The average Bonchev–Trinajstić information content (AvgIpc) is 2.76. The van der Waals surface area contributed by atoms with Gasteiger partial charge in [-0.15, -0.1) is 0 Å². The molecular formula is C27H32F3N. The third kappa shape index (κ3) is 3.35. The average molecular weight is 428 g/mol. The number of pyridine rings is 1. The van der Waals surface area contributed by atoms with Crippen molar-refractivity contribution < 1.29 is 13.2 Å². The summed E-state index contributed by atoms with van der Waals surface area (Å²) < 4.78 is 46.3. The van der Waals surface area contributed by atoms with Crippen LogP contribution in [0.15, 0.2) is 48.0 Å². The number of nitrogens with zero attached hydrogens (tertiary/aromatic N) is 1. The molecule has 4 heteroatoms. The van der Waals surface area contributed by atoms with E-state index in [0.717, 1.165) is 5.56 Å². The zero-order chi connectivity index (χ0) is 23.1. The van der Waals surface area contributed by atoms with Crippen molar-refractivity contribution >= 4 is 16.3 Å². The molecule has 4 rings (SSSR count). The number of halogens is 3. The van der Waals surface area contributed by atoms with E-state index < -0.39 is 17.0 Å². The maximum absolute atomic E-state index is 16.1. The van der Waals surface area contributed by atoms with Crippen LogP contribution in [0.2, 0.25) is 0 Å². The van der Waals surface area contributed by atoms with E-state index in [1.165, 1.54) is 6.08 Å². The van der Waals surface area contributed by atoms with Crippen LogP contribution in [0.3, 0.4) is 0 Å². The Kier molecular flexibility index (Phi) is 6.23. The molecule has 0 fully saturated rings. The Hall–Kier alpha value is -2.36. The third-order valence-corrected chi connectivity index (χ3v) is 6.67. The first kappa shape index (κ1) is 23.3. The minimum absolute atomic E-state index is 0.247. The molecule has 2 aliphatic rings. The van der Waals surface area contributed by atoms with Gasteiger partial charge in [-0.2, -0.15) is 0 Å². The van der Waals surface area contributed by atoms with E-state index in [0.29, 0.717) is 33.2 Å². The number of hydrogen-bond acceptors (Lipinski definition) is 1. The summed E-state index contributed by atoms with van der Waals surface area (Å²) in [6.45, 7) is 13.2. The van der Waals surface area contributed by atoms with Crippen molar-refractivity contribution in [3.8, 4) is 0 Å². The lowest BCUT2D eigenvalue weighted by atomic mass is 9.62. The van der Waals surface area contributed by atoms with Gasteiger partial charge in [-0.25, -0.2) is 13.2 Å². The Morgan fingerprint density at radius 3 is 2.55 bits per heavy atom. The fraction of sp³-hybridized carbons (Fsp3) is 0.444. The van der Waals surface area contributed by atoms with Gasteiger partial charge in [0.2, 0.25) is 0 Å². The molecule has 2 unspecified atom stereocenters. The molecule has 1 heterocycles. The predicted molar refractivity (Wildman–Crippen MR) is 124 cm³/mol. The van der Waals surface area contributed by atoms with Crippen LogP contribution in [0.25, 0.3) is 16.3 Å². The van der Waals surface area contributed by atoms with Crippen LogP contribution >= 0.6 is 0 Å². The first-order valence-corrected chi connectivity index (χ1v) is 11.2. The Morgan fingerprint density at radius 2 is 1.94 bits per heavy atom. The van der Waals surface area contributed by atoms with E-state index in [4.69, 9.17) is 0 Å². The lowest BCUT2D eigenvalue weighted by Crippen LogP contribution is -2.38. The summed E-state index contributed by atoms with van der Waals surface area (Å²) in [5.41, 5.74) is 0.564. The summed E-state index contributed by atoms with van der Waals surface area (Å²) in [6, 6.07) is 3.45. The van der Waals surface area contributed by atoms with Crippen molar-refractivity contribution in [1.82, 2.24) is 4.98 Å². The summed E-state index contributed by atoms with van der Waals surface area (Å²) in [5, 5.41) is 1.14. The molecule has 31 heavy (non-hydrogen) atoms. The molecule has 0 saturated heterocycles. The molecule has 0 amide bonds. The second-order valence-electron chi connectivity index (χ2n) is 8.67. The van der Waals surface area contributed by atoms with Gasteiger partial charge in [-0.1, -0.05) is 52.8 Å². The Balaban J connectivity index is 0.00000132. The van der Waals surface area contributed by atoms with Crippen LogP contribution in [0.5, 0.6) is 0 Å². The van der Waals surface area contributed by atoms with Crippen LogP contribution < -0.4 is 0 Å². The number of benzene rings is 1. The number of alkyl halides is 1. The van der Waals surface area contributed by atoms with Crippen LogP contribution in [0.4, 0.5) is 13.2 Å². The number of aromatic nitrogens is 1. The van der Waals surface area contributed by atoms with E-state index in [1.54, 1.807) is 51.3 Å². The third-order valence-electron chi connectivity index (χ3n) is 6.67. The normalized spacial score (nSPS) is 21.4. The first-order chi connectivity index (χ1) is 14.7. The molecule has 2 aliphatic carbocycles. The number of fused-ring (bicyclic) bond motifs is 1. The van der Waals surface area contributed by atoms with Crippen LogP contribution in [-0.4, -0.2) is 10.7 Å². The van der Waals surface area contributed by atoms with Gasteiger partial charge in [0.15, 0.2) is 0 Å². The fourth-order valence-corrected chi connectivity index (χ4v) is 5.17.